The maximum atomic E-state index is 11.5. The van der Waals surface area contributed by atoms with Crippen molar-refractivity contribution < 1.29 is 9.53 Å². The minimum Gasteiger partial charge on any atom is -0.465 e. The van der Waals surface area contributed by atoms with Crippen LogP contribution in [-0.4, -0.2) is 19.1 Å². The van der Waals surface area contributed by atoms with E-state index in [1.165, 1.54) is 26.4 Å². The molecule has 0 amide bonds. The van der Waals surface area contributed by atoms with E-state index in [1.54, 1.807) is 0 Å². The average molecular weight is 287 g/mol. The molecule has 3 rings (SSSR count). The standard InChI is InChI=1S/C18H25NO2/c1-17(2)13-9-10-18(3,11-13)16(17)19-14-7-5-12(6-8-14)15(20)21-4/h5-8,13,16,19H,9-11H2,1-4H3/t13-,16?,18+/m0/s1. The molecule has 2 bridgehead atoms. The number of benzene rings is 1. The van der Waals surface area contributed by atoms with Crippen LogP contribution in [-0.2, 0) is 4.74 Å². The van der Waals surface area contributed by atoms with Crippen LogP contribution in [0.2, 0.25) is 0 Å². The van der Waals surface area contributed by atoms with Crippen LogP contribution in [0.15, 0.2) is 24.3 Å². The van der Waals surface area contributed by atoms with Crippen molar-refractivity contribution in [3.63, 3.8) is 0 Å². The minimum atomic E-state index is -0.284. The number of carbonyl (C=O) groups excluding carboxylic acids is 1. The molecule has 0 saturated heterocycles. The van der Waals surface area contributed by atoms with E-state index in [4.69, 9.17) is 4.74 Å². The number of esters is 1. The number of nitrogens with one attached hydrogen (secondary N) is 1. The lowest BCUT2D eigenvalue weighted by atomic mass is 9.68. The highest BCUT2D eigenvalue weighted by atomic mass is 16.5. The van der Waals surface area contributed by atoms with E-state index < -0.39 is 0 Å². The van der Waals surface area contributed by atoms with Gasteiger partial charge in [-0.25, -0.2) is 4.79 Å². The highest BCUT2D eigenvalue weighted by Gasteiger charge is 2.59. The van der Waals surface area contributed by atoms with Crippen molar-refractivity contribution in [1.82, 2.24) is 0 Å². The van der Waals surface area contributed by atoms with Gasteiger partial charge in [-0.2, -0.15) is 0 Å². The zero-order valence-electron chi connectivity index (χ0n) is 13.4. The van der Waals surface area contributed by atoms with Gasteiger partial charge < -0.3 is 10.1 Å². The van der Waals surface area contributed by atoms with Gasteiger partial charge in [0.1, 0.15) is 0 Å². The number of hydrogen-bond acceptors (Lipinski definition) is 3. The van der Waals surface area contributed by atoms with E-state index in [2.05, 4.69) is 26.1 Å². The van der Waals surface area contributed by atoms with Gasteiger partial charge in [0, 0.05) is 11.7 Å². The lowest BCUT2D eigenvalue weighted by molar-refractivity contribution is 0.0600. The van der Waals surface area contributed by atoms with E-state index in [0.29, 0.717) is 22.4 Å². The fraction of sp³-hybridized carbons (Fsp3) is 0.611. The molecule has 2 aliphatic rings. The first-order valence-corrected chi connectivity index (χ1v) is 7.82. The summed E-state index contributed by atoms with van der Waals surface area (Å²) in [5.41, 5.74) is 2.42. The minimum absolute atomic E-state index is 0.284. The third-order valence-electron chi connectivity index (χ3n) is 5.89. The molecule has 3 heteroatoms. The van der Waals surface area contributed by atoms with Gasteiger partial charge in [-0.1, -0.05) is 20.8 Å². The molecule has 1 aromatic rings. The van der Waals surface area contributed by atoms with E-state index >= 15 is 0 Å². The van der Waals surface area contributed by atoms with E-state index in [-0.39, 0.29) is 5.97 Å². The number of ether oxygens (including phenoxy) is 1. The Bertz CT molecular complexity index is 544. The summed E-state index contributed by atoms with van der Waals surface area (Å²) in [5, 5.41) is 3.74. The number of rotatable bonds is 3. The molecule has 0 heterocycles. The SMILES string of the molecule is COC(=O)c1ccc(NC2C(C)(C)[C@H]3CC[C@]2(C)C3)cc1. The Hall–Kier alpha value is -1.51. The lowest BCUT2D eigenvalue weighted by Crippen LogP contribution is -2.45. The van der Waals surface area contributed by atoms with Crippen molar-refractivity contribution in [2.24, 2.45) is 16.7 Å². The second-order valence-electron chi connectivity index (χ2n) is 7.56. The Labute approximate surface area is 127 Å². The van der Waals surface area contributed by atoms with Gasteiger partial charge in [-0.3, -0.25) is 0 Å². The van der Waals surface area contributed by atoms with Crippen molar-refractivity contribution in [3.05, 3.63) is 29.8 Å². The Balaban J connectivity index is 1.79. The maximum absolute atomic E-state index is 11.5. The summed E-state index contributed by atoms with van der Waals surface area (Å²) in [7, 11) is 1.41. The summed E-state index contributed by atoms with van der Waals surface area (Å²) >= 11 is 0. The number of hydrogen-bond donors (Lipinski definition) is 1. The number of anilines is 1. The normalized spacial score (nSPS) is 33.0. The van der Waals surface area contributed by atoms with Crippen molar-refractivity contribution >= 4 is 11.7 Å². The smallest absolute Gasteiger partial charge is 0.337 e. The van der Waals surface area contributed by atoms with Crippen LogP contribution in [0.1, 0.15) is 50.4 Å². The van der Waals surface area contributed by atoms with Crippen LogP contribution >= 0.6 is 0 Å². The molecule has 3 atom stereocenters. The molecule has 1 aromatic carbocycles. The molecule has 0 radical (unpaired) electrons. The average Bonchev–Trinajstić information content (AvgIpc) is 2.94. The molecule has 3 nitrogen and oxygen atoms in total. The van der Waals surface area contributed by atoms with Gasteiger partial charge in [-0.05, 0) is 60.3 Å². The van der Waals surface area contributed by atoms with Crippen LogP contribution in [0.5, 0.6) is 0 Å². The molecule has 2 fully saturated rings. The zero-order chi connectivity index (χ0) is 15.3. The Morgan fingerprint density at radius 1 is 1.24 bits per heavy atom. The molecular weight excluding hydrogens is 262 g/mol. The van der Waals surface area contributed by atoms with Gasteiger partial charge >= 0.3 is 5.97 Å². The monoisotopic (exact) mass is 287 g/mol. The second kappa shape index (κ2) is 4.75. The predicted octanol–water partition coefficient (Wildman–Crippen LogP) is 4.10. The van der Waals surface area contributed by atoms with Crippen LogP contribution in [0.3, 0.4) is 0 Å². The molecule has 0 aliphatic heterocycles. The summed E-state index contributed by atoms with van der Waals surface area (Å²) < 4.78 is 4.74. The molecule has 0 spiro atoms. The first kappa shape index (κ1) is 14.4. The fourth-order valence-electron chi connectivity index (χ4n) is 4.65. The Kier molecular flexibility index (Phi) is 3.27. The molecule has 2 aliphatic carbocycles. The van der Waals surface area contributed by atoms with Crippen molar-refractivity contribution in [1.29, 1.82) is 0 Å². The van der Waals surface area contributed by atoms with Gasteiger partial charge in [0.15, 0.2) is 0 Å². The summed E-state index contributed by atoms with van der Waals surface area (Å²) in [4.78, 5) is 11.5. The van der Waals surface area contributed by atoms with Gasteiger partial charge in [-0.15, -0.1) is 0 Å². The summed E-state index contributed by atoms with van der Waals surface area (Å²) in [6, 6.07) is 8.12. The maximum Gasteiger partial charge on any atom is 0.337 e. The summed E-state index contributed by atoms with van der Waals surface area (Å²) in [5.74, 6) is 0.545. The molecule has 1 unspecified atom stereocenters. The number of methoxy groups -OCH3 is 1. The van der Waals surface area contributed by atoms with Crippen molar-refractivity contribution in [2.45, 2.75) is 46.1 Å². The van der Waals surface area contributed by atoms with E-state index in [0.717, 1.165) is 11.6 Å². The van der Waals surface area contributed by atoms with Crippen LogP contribution < -0.4 is 5.32 Å². The first-order valence-electron chi connectivity index (χ1n) is 7.82. The molecule has 1 N–H and O–H groups in total. The number of carbonyl (C=O) groups is 1. The van der Waals surface area contributed by atoms with Gasteiger partial charge in [0.25, 0.3) is 0 Å². The fourth-order valence-corrected chi connectivity index (χ4v) is 4.65. The van der Waals surface area contributed by atoms with E-state index in [9.17, 15) is 4.79 Å². The van der Waals surface area contributed by atoms with Gasteiger partial charge in [0.05, 0.1) is 12.7 Å². The van der Waals surface area contributed by atoms with Gasteiger partial charge in [0.2, 0.25) is 0 Å². The first-order chi connectivity index (χ1) is 9.87. The third kappa shape index (κ3) is 2.23. The predicted molar refractivity (Wildman–Crippen MR) is 84.4 cm³/mol. The molecule has 114 valence electrons. The highest BCUT2D eigenvalue weighted by Crippen LogP contribution is 2.63. The summed E-state index contributed by atoms with van der Waals surface area (Å²) in [6.45, 7) is 7.20. The Morgan fingerprint density at radius 3 is 2.43 bits per heavy atom. The van der Waals surface area contributed by atoms with Crippen molar-refractivity contribution in [2.75, 3.05) is 12.4 Å². The molecule has 2 saturated carbocycles. The molecule has 21 heavy (non-hydrogen) atoms. The highest BCUT2D eigenvalue weighted by molar-refractivity contribution is 5.89. The van der Waals surface area contributed by atoms with Crippen LogP contribution in [0.25, 0.3) is 0 Å². The van der Waals surface area contributed by atoms with E-state index in [1.807, 2.05) is 24.3 Å². The molecule has 0 aromatic heterocycles. The summed E-state index contributed by atoms with van der Waals surface area (Å²) in [6.07, 6.45) is 4.01. The number of fused-ring (bicyclic) bond motifs is 2. The lowest BCUT2D eigenvalue weighted by Gasteiger charge is -2.43. The molecular formula is C18H25NO2. The third-order valence-corrected chi connectivity index (χ3v) is 5.89. The van der Waals surface area contributed by atoms with Crippen molar-refractivity contribution in [3.8, 4) is 0 Å². The topological polar surface area (TPSA) is 38.3 Å². The van der Waals surface area contributed by atoms with Crippen LogP contribution in [0.4, 0.5) is 5.69 Å². The quantitative estimate of drug-likeness (QED) is 0.851. The Morgan fingerprint density at radius 2 is 1.90 bits per heavy atom. The largest absolute Gasteiger partial charge is 0.465 e. The second-order valence-corrected chi connectivity index (χ2v) is 7.56. The zero-order valence-corrected chi connectivity index (χ0v) is 13.4. The van der Waals surface area contributed by atoms with Crippen LogP contribution in [0, 0.1) is 16.7 Å².